The zero-order chi connectivity index (χ0) is 13.4. The van der Waals surface area contributed by atoms with Crippen LogP contribution in [-0.2, 0) is 11.5 Å². The molecule has 0 amide bonds. The minimum atomic E-state index is -0.0252. The number of benzene rings is 1. The second-order valence-electron chi connectivity index (χ2n) is 4.71. The van der Waals surface area contributed by atoms with Crippen molar-refractivity contribution in [2.75, 3.05) is 5.32 Å². The maximum Gasteiger partial charge on any atom is 0.256 e. The molecule has 0 fully saturated rings. The van der Waals surface area contributed by atoms with E-state index < -0.39 is 0 Å². The largest absolute Gasteiger partial charge is 0.325 e. The Hall–Kier alpha value is -1.75. The lowest BCUT2D eigenvalue weighted by molar-refractivity contribution is 1.03. The molecule has 0 unspecified atom stereocenters. The minimum absolute atomic E-state index is 0.0252. The van der Waals surface area contributed by atoms with E-state index in [0.717, 1.165) is 28.5 Å². The number of fused-ring (bicyclic) bond motifs is 1. The van der Waals surface area contributed by atoms with Crippen molar-refractivity contribution in [3.05, 3.63) is 50.9 Å². The first-order valence-corrected chi connectivity index (χ1v) is 7.33. The van der Waals surface area contributed by atoms with Crippen LogP contribution in [0.25, 0.3) is 0 Å². The number of aromatic amines is 1. The summed E-state index contributed by atoms with van der Waals surface area (Å²) in [6.45, 7) is 4.12. The molecule has 0 saturated carbocycles. The molecule has 5 heteroatoms. The van der Waals surface area contributed by atoms with Gasteiger partial charge in [0.25, 0.3) is 5.56 Å². The summed E-state index contributed by atoms with van der Waals surface area (Å²) in [4.78, 5) is 19.2. The Morgan fingerprint density at radius 3 is 3.00 bits per heavy atom. The first-order chi connectivity index (χ1) is 9.15. The molecular weight excluding hydrogens is 258 g/mol. The van der Waals surface area contributed by atoms with Crippen LogP contribution in [0.3, 0.4) is 0 Å². The van der Waals surface area contributed by atoms with Gasteiger partial charge >= 0.3 is 0 Å². The molecule has 0 aliphatic carbocycles. The van der Waals surface area contributed by atoms with Gasteiger partial charge in [0.15, 0.2) is 0 Å². The third-order valence-corrected chi connectivity index (χ3v) is 4.41. The summed E-state index contributed by atoms with van der Waals surface area (Å²) in [5, 5.41) is 3.21. The van der Waals surface area contributed by atoms with Gasteiger partial charge in [-0.1, -0.05) is 12.1 Å². The molecule has 2 aromatic rings. The number of hydrogen-bond acceptors (Lipinski definition) is 4. The van der Waals surface area contributed by atoms with Crippen LogP contribution < -0.4 is 10.9 Å². The van der Waals surface area contributed by atoms with E-state index in [9.17, 15) is 4.79 Å². The smallest absolute Gasteiger partial charge is 0.256 e. The van der Waals surface area contributed by atoms with Crippen molar-refractivity contribution in [2.45, 2.75) is 25.4 Å². The maximum atomic E-state index is 11.9. The summed E-state index contributed by atoms with van der Waals surface area (Å²) in [5.41, 5.74) is 5.05. The molecule has 98 valence electrons. The average Bonchev–Trinajstić information content (AvgIpc) is 2.84. The Bertz CT molecular complexity index is 694. The summed E-state index contributed by atoms with van der Waals surface area (Å²) >= 11 is 1.73. The summed E-state index contributed by atoms with van der Waals surface area (Å²) in [6.07, 6.45) is 0. The lowest BCUT2D eigenvalue weighted by atomic mass is 10.1. The van der Waals surface area contributed by atoms with E-state index in [2.05, 4.69) is 35.2 Å². The van der Waals surface area contributed by atoms with Crippen LogP contribution in [0.4, 0.5) is 11.6 Å². The number of hydrogen-bond donors (Lipinski definition) is 2. The first kappa shape index (κ1) is 12.3. The van der Waals surface area contributed by atoms with Gasteiger partial charge in [-0.15, -0.1) is 0 Å². The quantitative estimate of drug-likeness (QED) is 0.883. The van der Waals surface area contributed by atoms with Crippen LogP contribution in [0.5, 0.6) is 0 Å². The van der Waals surface area contributed by atoms with Crippen molar-refractivity contribution in [1.29, 1.82) is 0 Å². The Labute approximate surface area is 115 Å². The van der Waals surface area contributed by atoms with E-state index in [1.54, 1.807) is 11.8 Å². The van der Waals surface area contributed by atoms with E-state index in [4.69, 9.17) is 0 Å². The fraction of sp³-hybridized carbons (Fsp3) is 0.286. The van der Waals surface area contributed by atoms with Crippen LogP contribution in [0.2, 0.25) is 0 Å². The Balaban J connectivity index is 1.98. The highest BCUT2D eigenvalue weighted by Gasteiger charge is 2.17. The standard InChI is InChI=1S/C14H15N3OS/c1-8-4-3-5-11(9(8)2)15-14-16-12-7-19-6-10(12)13(18)17-14/h3-5H,6-7H2,1-2H3,(H2,15,16,17,18). The molecule has 0 radical (unpaired) electrons. The van der Waals surface area contributed by atoms with Crippen LogP contribution in [0.15, 0.2) is 23.0 Å². The van der Waals surface area contributed by atoms with E-state index in [0.29, 0.717) is 5.95 Å². The van der Waals surface area contributed by atoms with Crippen molar-refractivity contribution in [2.24, 2.45) is 0 Å². The topological polar surface area (TPSA) is 57.8 Å². The number of anilines is 2. The van der Waals surface area contributed by atoms with Gasteiger partial charge in [-0.3, -0.25) is 9.78 Å². The summed E-state index contributed by atoms with van der Waals surface area (Å²) in [5.74, 6) is 2.11. The molecule has 0 bridgehead atoms. The second kappa shape index (κ2) is 4.74. The van der Waals surface area contributed by atoms with Crippen LogP contribution in [0, 0.1) is 13.8 Å². The fourth-order valence-corrected chi connectivity index (χ4v) is 3.17. The third kappa shape index (κ3) is 2.26. The van der Waals surface area contributed by atoms with Gasteiger partial charge in [0.2, 0.25) is 5.95 Å². The van der Waals surface area contributed by atoms with Crippen LogP contribution in [0.1, 0.15) is 22.4 Å². The SMILES string of the molecule is Cc1cccc(Nc2nc3c(c(=O)[nH]2)CSC3)c1C. The van der Waals surface area contributed by atoms with Gasteiger partial charge in [0, 0.05) is 22.8 Å². The number of thioether (sulfide) groups is 1. The molecule has 0 saturated heterocycles. The van der Waals surface area contributed by atoms with Gasteiger partial charge in [-0.25, -0.2) is 4.98 Å². The molecule has 0 atom stereocenters. The molecule has 0 spiro atoms. The maximum absolute atomic E-state index is 11.9. The molecule has 1 aromatic heterocycles. The Morgan fingerprint density at radius 1 is 1.32 bits per heavy atom. The van der Waals surface area contributed by atoms with Crippen LogP contribution >= 0.6 is 11.8 Å². The lowest BCUT2D eigenvalue weighted by Crippen LogP contribution is -2.16. The van der Waals surface area contributed by atoms with E-state index >= 15 is 0 Å². The molecule has 1 aliphatic heterocycles. The average molecular weight is 273 g/mol. The fourth-order valence-electron chi connectivity index (χ4n) is 2.14. The Kier molecular flexibility index (Phi) is 3.06. The highest BCUT2D eigenvalue weighted by Crippen LogP contribution is 2.27. The molecule has 1 aromatic carbocycles. The predicted octanol–water partition coefficient (Wildman–Crippen LogP) is 2.88. The van der Waals surface area contributed by atoms with Gasteiger partial charge in [-0.2, -0.15) is 11.8 Å². The monoisotopic (exact) mass is 273 g/mol. The van der Waals surface area contributed by atoms with E-state index in [1.807, 2.05) is 12.1 Å². The predicted molar refractivity (Wildman–Crippen MR) is 79.1 cm³/mol. The molecule has 19 heavy (non-hydrogen) atoms. The summed E-state index contributed by atoms with van der Waals surface area (Å²) in [6, 6.07) is 6.05. The van der Waals surface area contributed by atoms with Crippen molar-refractivity contribution in [1.82, 2.24) is 9.97 Å². The zero-order valence-electron chi connectivity index (χ0n) is 10.9. The van der Waals surface area contributed by atoms with E-state index in [-0.39, 0.29) is 5.56 Å². The van der Waals surface area contributed by atoms with Gasteiger partial charge < -0.3 is 5.32 Å². The number of rotatable bonds is 2. The van der Waals surface area contributed by atoms with Crippen molar-refractivity contribution < 1.29 is 0 Å². The molecule has 3 rings (SSSR count). The van der Waals surface area contributed by atoms with Gasteiger partial charge in [-0.05, 0) is 31.0 Å². The minimum Gasteiger partial charge on any atom is -0.325 e. The third-order valence-electron chi connectivity index (χ3n) is 3.44. The number of aryl methyl sites for hydroxylation is 1. The van der Waals surface area contributed by atoms with Crippen molar-refractivity contribution in [3.8, 4) is 0 Å². The number of nitrogens with zero attached hydrogens (tertiary/aromatic N) is 1. The number of aromatic nitrogens is 2. The second-order valence-corrected chi connectivity index (χ2v) is 5.69. The van der Waals surface area contributed by atoms with E-state index in [1.165, 1.54) is 11.1 Å². The molecule has 2 N–H and O–H groups in total. The van der Waals surface area contributed by atoms with Crippen molar-refractivity contribution >= 4 is 23.4 Å². The molecule has 1 aliphatic rings. The molecular formula is C14H15N3OS. The number of H-pyrrole nitrogens is 1. The highest BCUT2D eigenvalue weighted by molar-refractivity contribution is 7.98. The molecule has 2 heterocycles. The zero-order valence-corrected chi connectivity index (χ0v) is 11.7. The number of nitrogens with one attached hydrogen (secondary N) is 2. The van der Waals surface area contributed by atoms with Crippen LogP contribution in [-0.4, -0.2) is 9.97 Å². The first-order valence-electron chi connectivity index (χ1n) is 6.18. The highest BCUT2D eigenvalue weighted by atomic mass is 32.2. The Morgan fingerprint density at radius 2 is 2.16 bits per heavy atom. The lowest BCUT2D eigenvalue weighted by Gasteiger charge is -2.11. The summed E-state index contributed by atoms with van der Waals surface area (Å²) in [7, 11) is 0. The van der Waals surface area contributed by atoms with Gasteiger partial charge in [0.05, 0.1) is 5.69 Å². The summed E-state index contributed by atoms with van der Waals surface area (Å²) < 4.78 is 0. The normalized spacial score (nSPS) is 13.4. The van der Waals surface area contributed by atoms with Gasteiger partial charge in [0.1, 0.15) is 0 Å². The van der Waals surface area contributed by atoms with Crippen molar-refractivity contribution in [3.63, 3.8) is 0 Å². The molecule has 4 nitrogen and oxygen atoms in total.